The monoisotopic (exact) mass is 278 g/mol. The van der Waals surface area contributed by atoms with Crippen molar-refractivity contribution in [3.8, 4) is 11.8 Å². The number of thiophene rings is 1. The number of carbonyl (C=O) groups excluding carboxylic acids is 1. The zero-order chi connectivity index (χ0) is 13.9. The van der Waals surface area contributed by atoms with Crippen LogP contribution < -0.4 is 11.1 Å². The predicted octanol–water partition coefficient (Wildman–Crippen LogP) is 1.36. The van der Waals surface area contributed by atoms with Gasteiger partial charge in [0.25, 0.3) is 5.91 Å². The Hall–Kier alpha value is -1.35. The first-order valence-electron chi connectivity index (χ1n) is 6.28. The third-order valence-electron chi connectivity index (χ3n) is 3.43. The molecule has 102 valence electrons. The Balaban J connectivity index is 2.06. The Kier molecular flexibility index (Phi) is 4.25. The molecule has 1 aliphatic rings. The molecule has 0 radical (unpaired) electrons. The summed E-state index contributed by atoms with van der Waals surface area (Å²) >= 11 is 1.38. The van der Waals surface area contributed by atoms with E-state index in [4.69, 9.17) is 10.5 Å². The molecule has 1 aromatic rings. The Bertz CT molecular complexity index is 529. The molecule has 1 fully saturated rings. The van der Waals surface area contributed by atoms with Crippen LogP contribution in [0.2, 0.25) is 0 Å². The Morgan fingerprint density at radius 2 is 2.47 bits per heavy atom. The van der Waals surface area contributed by atoms with Gasteiger partial charge in [-0.2, -0.15) is 0 Å². The van der Waals surface area contributed by atoms with Gasteiger partial charge in [0, 0.05) is 6.61 Å². The van der Waals surface area contributed by atoms with Crippen molar-refractivity contribution in [1.29, 1.82) is 0 Å². The van der Waals surface area contributed by atoms with Crippen molar-refractivity contribution in [2.75, 3.05) is 13.2 Å². The third-order valence-corrected chi connectivity index (χ3v) is 4.43. The SMILES string of the molecule is CC1OCCC1(C)NC(=O)c1ccc(C#CCN)s1. The molecule has 2 atom stereocenters. The van der Waals surface area contributed by atoms with E-state index in [-0.39, 0.29) is 17.6 Å². The minimum atomic E-state index is -0.288. The Morgan fingerprint density at radius 1 is 1.68 bits per heavy atom. The number of carbonyl (C=O) groups is 1. The summed E-state index contributed by atoms with van der Waals surface area (Å²) in [6, 6.07) is 3.64. The molecule has 19 heavy (non-hydrogen) atoms. The average Bonchev–Trinajstić information content (AvgIpc) is 2.95. The van der Waals surface area contributed by atoms with E-state index in [9.17, 15) is 4.79 Å². The smallest absolute Gasteiger partial charge is 0.261 e. The number of ether oxygens (including phenoxy) is 1. The summed E-state index contributed by atoms with van der Waals surface area (Å²) in [5, 5.41) is 3.06. The number of nitrogens with one attached hydrogen (secondary N) is 1. The number of hydrogen-bond donors (Lipinski definition) is 2. The van der Waals surface area contributed by atoms with Crippen LogP contribution in [-0.2, 0) is 4.74 Å². The van der Waals surface area contributed by atoms with Crippen molar-refractivity contribution in [3.05, 3.63) is 21.9 Å². The quantitative estimate of drug-likeness (QED) is 0.803. The largest absolute Gasteiger partial charge is 0.376 e. The van der Waals surface area contributed by atoms with Crippen LogP contribution in [0.1, 0.15) is 34.8 Å². The first-order valence-corrected chi connectivity index (χ1v) is 7.10. The summed E-state index contributed by atoms with van der Waals surface area (Å²) < 4.78 is 5.52. The van der Waals surface area contributed by atoms with E-state index in [1.54, 1.807) is 6.07 Å². The van der Waals surface area contributed by atoms with Gasteiger partial charge in [-0.25, -0.2) is 0 Å². The highest BCUT2D eigenvalue weighted by molar-refractivity contribution is 7.14. The normalized spacial score (nSPS) is 25.7. The summed E-state index contributed by atoms with van der Waals surface area (Å²) in [6.07, 6.45) is 0.874. The summed E-state index contributed by atoms with van der Waals surface area (Å²) in [7, 11) is 0. The topological polar surface area (TPSA) is 64.3 Å². The van der Waals surface area contributed by atoms with Crippen LogP contribution in [0.15, 0.2) is 12.1 Å². The van der Waals surface area contributed by atoms with E-state index >= 15 is 0 Å². The summed E-state index contributed by atoms with van der Waals surface area (Å²) in [5.74, 6) is 5.65. The lowest BCUT2D eigenvalue weighted by atomic mass is 9.94. The average molecular weight is 278 g/mol. The fraction of sp³-hybridized carbons (Fsp3) is 0.500. The van der Waals surface area contributed by atoms with E-state index in [0.29, 0.717) is 18.0 Å². The van der Waals surface area contributed by atoms with Gasteiger partial charge in [-0.05, 0) is 32.4 Å². The highest BCUT2D eigenvalue weighted by Gasteiger charge is 2.38. The lowest BCUT2D eigenvalue weighted by molar-refractivity contribution is 0.0730. The van der Waals surface area contributed by atoms with Gasteiger partial charge >= 0.3 is 0 Å². The minimum absolute atomic E-state index is 0.0351. The molecule has 5 heteroatoms. The zero-order valence-corrected chi connectivity index (χ0v) is 12.0. The van der Waals surface area contributed by atoms with Gasteiger partial charge in [-0.3, -0.25) is 4.79 Å². The van der Waals surface area contributed by atoms with Crippen LogP contribution in [0.5, 0.6) is 0 Å². The molecule has 0 bridgehead atoms. The zero-order valence-electron chi connectivity index (χ0n) is 11.2. The van der Waals surface area contributed by atoms with Crippen molar-refractivity contribution >= 4 is 17.2 Å². The van der Waals surface area contributed by atoms with Crippen molar-refractivity contribution in [2.24, 2.45) is 5.73 Å². The summed E-state index contributed by atoms with van der Waals surface area (Å²) in [5.41, 5.74) is 5.03. The van der Waals surface area contributed by atoms with E-state index < -0.39 is 0 Å². The van der Waals surface area contributed by atoms with Gasteiger partial charge in [0.05, 0.1) is 27.9 Å². The van der Waals surface area contributed by atoms with Crippen LogP contribution in [0.3, 0.4) is 0 Å². The van der Waals surface area contributed by atoms with Crippen molar-refractivity contribution < 1.29 is 9.53 Å². The number of rotatable bonds is 2. The molecular weight excluding hydrogens is 260 g/mol. The molecule has 3 N–H and O–H groups in total. The lowest BCUT2D eigenvalue weighted by Crippen LogP contribution is -2.50. The highest BCUT2D eigenvalue weighted by Crippen LogP contribution is 2.26. The van der Waals surface area contributed by atoms with Crippen LogP contribution in [0.25, 0.3) is 0 Å². The second kappa shape index (κ2) is 5.74. The molecule has 0 aliphatic carbocycles. The summed E-state index contributed by atoms with van der Waals surface area (Å²) in [4.78, 5) is 13.7. The van der Waals surface area contributed by atoms with Gasteiger partial charge in [-0.15, -0.1) is 11.3 Å². The molecule has 1 aromatic heterocycles. The Labute approximate surface area is 117 Å². The van der Waals surface area contributed by atoms with E-state index in [2.05, 4.69) is 17.2 Å². The standard InChI is InChI=1S/C14H18N2O2S/c1-10-14(2,7-9-18-10)16-13(17)12-6-5-11(19-12)4-3-8-15/h5-6,10H,7-9,15H2,1-2H3,(H,16,17). The second-order valence-electron chi connectivity index (χ2n) is 4.80. The molecule has 0 saturated carbocycles. The molecule has 1 aliphatic heterocycles. The maximum Gasteiger partial charge on any atom is 0.261 e. The first-order chi connectivity index (χ1) is 9.05. The first kappa shape index (κ1) is 14.1. The van der Waals surface area contributed by atoms with Crippen molar-refractivity contribution in [2.45, 2.75) is 31.9 Å². The van der Waals surface area contributed by atoms with Gasteiger partial charge in [0.2, 0.25) is 0 Å². The van der Waals surface area contributed by atoms with Gasteiger partial charge < -0.3 is 15.8 Å². The molecular formula is C14H18N2O2S. The van der Waals surface area contributed by atoms with Crippen LogP contribution in [-0.4, -0.2) is 30.7 Å². The van der Waals surface area contributed by atoms with Gasteiger partial charge in [0.1, 0.15) is 0 Å². The molecule has 2 unspecified atom stereocenters. The van der Waals surface area contributed by atoms with Gasteiger partial charge in [0.15, 0.2) is 0 Å². The maximum absolute atomic E-state index is 12.2. The fourth-order valence-corrected chi connectivity index (χ4v) is 2.76. The highest BCUT2D eigenvalue weighted by atomic mass is 32.1. The van der Waals surface area contributed by atoms with E-state index in [1.165, 1.54) is 11.3 Å². The van der Waals surface area contributed by atoms with E-state index in [0.717, 1.165) is 11.3 Å². The van der Waals surface area contributed by atoms with Gasteiger partial charge in [-0.1, -0.05) is 11.8 Å². The Morgan fingerprint density at radius 3 is 3.11 bits per heavy atom. The second-order valence-corrected chi connectivity index (χ2v) is 5.89. The van der Waals surface area contributed by atoms with Crippen LogP contribution in [0.4, 0.5) is 0 Å². The van der Waals surface area contributed by atoms with Crippen LogP contribution >= 0.6 is 11.3 Å². The van der Waals surface area contributed by atoms with Crippen molar-refractivity contribution in [1.82, 2.24) is 5.32 Å². The van der Waals surface area contributed by atoms with Crippen LogP contribution in [0, 0.1) is 11.8 Å². The third kappa shape index (κ3) is 3.16. The number of amides is 1. The molecule has 1 amide bonds. The number of nitrogens with two attached hydrogens (primary N) is 1. The van der Waals surface area contributed by atoms with Crippen molar-refractivity contribution in [3.63, 3.8) is 0 Å². The molecule has 4 nitrogen and oxygen atoms in total. The summed E-state index contributed by atoms with van der Waals surface area (Å²) in [6.45, 7) is 5.02. The molecule has 0 aromatic carbocycles. The molecule has 2 heterocycles. The minimum Gasteiger partial charge on any atom is -0.376 e. The lowest BCUT2D eigenvalue weighted by Gasteiger charge is -2.28. The maximum atomic E-state index is 12.2. The molecule has 2 rings (SSSR count). The molecule has 1 saturated heterocycles. The molecule has 0 spiro atoms. The fourth-order valence-electron chi connectivity index (χ4n) is 1.99. The number of hydrogen-bond acceptors (Lipinski definition) is 4. The predicted molar refractivity (Wildman–Crippen MR) is 76.2 cm³/mol. The van der Waals surface area contributed by atoms with E-state index in [1.807, 2.05) is 19.9 Å².